The number of fused-ring (bicyclic) bond motifs is 1. The van der Waals surface area contributed by atoms with Gasteiger partial charge in [-0.05, 0) is 49.4 Å². The third kappa shape index (κ3) is 4.11. The predicted octanol–water partition coefficient (Wildman–Crippen LogP) is 6.97. The van der Waals surface area contributed by atoms with Crippen LogP contribution in [0.4, 0.5) is 0 Å². The van der Waals surface area contributed by atoms with Gasteiger partial charge in [-0.2, -0.15) is 0 Å². The minimum Gasteiger partial charge on any atom is -0.419 e. The van der Waals surface area contributed by atoms with Gasteiger partial charge >= 0.3 is 0 Å². The molecule has 0 amide bonds. The van der Waals surface area contributed by atoms with E-state index in [1.54, 1.807) is 0 Å². The lowest BCUT2D eigenvalue weighted by Crippen LogP contribution is -2.00. The highest BCUT2D eigenvalue weighted by atomic mass is 35.5. The standard InChI is InChI=1S/C26H19ClN6OS/c1-16(24-30-31-25(34-24)17-7-3-2-4-8-17)35-26-32-29-23(33(26)19-13-11-18(27)12-14-19)21-15-28-22-10-6-5-9-20(21)22/h2-16,28H,1H3/t16-/m0/s1. The normalized spacial score (nSPS) is 12.3. The first-order valence-electron chi connectivity index (χ1n) is 11.0. The first kappa shape index (κ1) is 21.6. The Kier molecular flexibility index (Phi) is 5.60. The largest absolute Gasteiger partial charge is 0.419 e. The van der Waals surface area contributed by atoms with Gasteiger partial charge in [0.1, 0.15) is 0 Å². The number of nitrogens with one attached hydrogen (secondary N) is 1. The molecule has 3 aromatic carbocycles. The maximum Gasteiger partial charge on any atom is 0.247 e. The van der Waals surface area contributed by atoms with Crippen LogP contribution in [0.25, 0.3) is 39.4 Å². The summed E-state index contributed by atoms with van der Waals surface area (Å²) < 4.78 is 8.01. The number of hydrogen-bond acceptors (Lipinski definition) is 6. The summed E-state index contributed by atoms with van der Waals surface area (Å²) in [4.78, 5) is 3.33. The van der Waals surface area contributed by atoms with E-state index in [9.17, 15) is 0 Å². The molecular weight excluding hydrogens is 480 g/mol. The molecule has 172 valence electrons. The molecule has 0 bridgehead atoms. The van der Waals surface area contributed by atoms with Crippen molar-refractivity contribution in [3.05, 3.63) is 96.0 Å². The van der Waals surface area contributed by atoms with Gasteiger partial charge in [0.2, 0.25) is 11.8 Å². The molecule has 0 aliphatic rings. The molecule has 0 saturated carbocycles. The molecule has 35 heavy (non-hydrogen) atoms. The number of aromatic amines is 1. The molecule has 3 heterocycles. The minimum atomic E-state index is -0.147. The number of para-hydroxylation sites is 1. The minimum absolute atomic E-state index is 0.147. The van der Waals surface area contributed by atoms with Crippen LogP contribution in [0.1, 0.15) is 18.1 Å². The second kappa shape index (κ2) is 9.05. The van der Waals surface area contributed by atoms with Gasteiger partial charge in [0.05, 0.1) is 5.25 Å². The second-order valence-corrected chi connectivity index (χ2v) is 9.68. The van der Waals surface area contributed by atoms with Crippen LogP contribution in [0.15, 0.2) is 94.6 Å². The van der Waals surface area contributed by atoms with E-state index in [-0.39, 0.29) is 5.25 Å². The summed E-state index contributed by atoms with van der Waals surface area (Å²) in [5.41, 5.74) is 3.79. The van der Waals surface area contributed by atoms with Crippen molar-refractivity contribution in [1.82, 2.24) is 29.9 Å². The molecule has 0 saturated heterocycles. The van der Waals surface area contributed by atoms with Crippen LogP contribution in [0.2, 0.25) is 5.02 Å². The quantitative estimate of drug-likeness (QED) is 0.249. The van der Waals surface area contributed by atoms with Crippen LogP contribution in [0.5, 0.6) is 0 Å². The van der Waals surface area contributed by atoms with E-state index >= 15 is 0 Å². The highest BCUT2D eigenvalue weighted by Gasteiger charge is 2.23. The van der Waals surface area contributed by atoms with Crippen molar-refractivity contribution in [2.45, 2.75) is 17.3 Å². The number of halogens is 1. The number of thioether (sulfide) groups is 1. The van der Waals surface area contributed by atoms with Gasteiger partial charge in [0, 0.05) is 38.9 Å². The second-order valence-electron chi connectivity index (χ2n) is 7.94. The topological polar surface area (TPSA) is 85.4 Å². The fraction of sp³-hybridized carbons (Fsp3) is 0.0769. The van der Waals surface area contributed by atoms with Crippen LogP contribution in [-0.4, -0.2) is 29.9 Å². The molecule has 1 atom stereocenters. The summed E-state index contributed by atoms with van der Waals surface area (Å²) in [6.07, 6.45) is 1.96. The van der Waals surface area contributed by atoms with Crippen LogP contribution in [-0.2, 0) is 0 Å². The Morgan fingerprint density at radius 3 is 2.49 bits per heavy atom. The molecular formula is C26H19ClN6OS. The number of nitrogens with zero attached hydrogens (tertiary/aromatic N) is 5. The van der Waals surface area contributed by atoms with E-state index in [0.717, 1.165) is 33.5 Å². The Labute approximate surface area is 210 Å². The fourth-order valence-electron chi connectivity index (χ4n) is 3.90. The zero-order valence-corrected chi connectivity index (χ0v) is 20.2. The van der Waals surface area contributed by atoms with E-state index < -0.39 is 0 Å². The van der Waals surface area contributed by atoms with Gasteiger partial charge in [-0.1, -0.05) is 59.8 Å². The summed E-state index contributed by atoms with van der Waals surface area (Å²) in [6.45, 7) is 2.01. The van der Waals surface area contributed by atoms with Crippen molar-refractivity contribution < 1.29 is 4.42 Å². The van der Waals surface area contributed by atoms with Crippen LogP contribution >= 0.6 is 23.4 Å². The molecule has 9 heteroatoms. The number of hydrogen-bond donors (Lipinski definition) is 1. The summed E-state index contributed by atoms with van der Waals surface area (Å²) in [5, 5.41) is 19.9. The highest BCUT2D eigenvalue weighted by molar-refractivity contribution is 7.99. The molecule has 3 aromatic heterocycles. The smallest absolute Gasteiger partial charge is 0.247 e. The molecule has 0 fully saturated rings. The molecule has 0 spiro atoms. The van der Waals surface area contributed by atoms with Crippen LogP contribution < -0.4 is 0 Å². The van der Waals surface area contributed by atoms with E-state index in [1.165, 1.54) is 11.8 Å². The monoisotopic (exact) mass is 498 g/mol. The Bertz CT molecular complexity index is 1610. The number of rotatable bonds is 6. The molecule has 1 N–H and O–H groups in total. The predicted molar refractivity (Wildman–Crippen MR) is 138 cm³/mol. The summed E-state index contributed by atoms with van der Waals surface area (Å²) in [5.74, 6) is 1.75. The third-order valence-corrected chi connectivity index (χ3v) is 6.92. The zero-order chi connectivity index (χ0) is 23.8. The fourth-order valence-corrected chi connectivity index (χ4v) is 4.93. The van der Waals surface area contributed by atoms with Gasteiger partial charge in [0.15, 0.2) is 11.0 Å². The zero-order valence-electron chi connectivity index (χ0n) is 18.6. The van der Waals surface area contributed by atoms with Crippen LogP contribution in [0.3, 0.4) is 0 Å². The molecule has 6 rings (SSSR count). The molecule has 7 nitrogen and oxygen atoms in total. The number of aromatic nitrogens is 6. The van der Waals surface area contributed by atoms with Gasteiger partial charge in [-0.3, -0.25) is 4.57 Å². The Morgan fingerprint density at radius 2 is 1.66 bits per heavy atom. The molecule has 0 aliphatic carbocycles. The van der Waals surface area contributed by atoms with E-state index in [4.69, 9.17) is 16.0 Å². The molecule has 0 aliphatic heterocycles. The molecule has 6 aromatic rings. The lowest BCUT2D eigenvalue weighted by atomic mass is 10.1. The van der Waals surface area contributed by atoms with Gasteiger partial charge < -0.3 is 9.40 Å². The number of H-pyrrole nitrogens is 1. The van der Waals surface area contributed by atoms with Crippen molar-refractivity contribution in [3.8, 4) is 28.5 Å². The van der Waals surface area contributed by atoms with Gasteiger partial charge in [0.25, 0.3) is 0 Å². The first-order valence-corrected chi connectivity index (χ1v) is 12.3. The van der Waals surface area contributed by atoms with Gasteiger partial charge in [-0.25, -0.2) is 0 Å². The summed E-state index contributed by atoms with van der Waals surface area (Å²) in [7, 11) is 0. The Balaban J connectivity index is 1.39. The van der Waals surface area contributed by atoms with Crippen molar-refractivity contribution in [1.29, 1.82) is 0 Å². The van der Waals surface area contributed by atoms with E-state index in [1.807, 2.05) is 90.5 Å². The Hall–Kier alpha value is -3.88. The maximum absolute atomic E-state index is 6.17. The van der Waals surface area contributed by atoms with Crippen LogP contribution in [0, 0.1) is 0 Å². The van der Waals surface area contributed by atoms with Gasteiger partial charge in [-0.15, -0.1) is 20.4 Å². The third-order valence-electron chi connectivity index (χ3n) is 5.64. The summed E-state index contributed by atoms with van der Waals surface area (Å²) >= 11 is 7.67. The lowest BCUT2D eigenvalue weighted by Gasteiger charge is -2.12. The molecule has 0 radical (unpaired) electrons. The SMILES string of the molecule is C[C@H](Sc1nnc(-c2c[nH]c3ccccc23)n1-c1ccc(Cl)cc1)c1nnc(-c2ccccc2)o1. The number of benzene rings is 3. The average Bonchev–Trinajstić information content (AvgIpc) is 3.64. The van der Waals surface area contributed by atoms with E-state index in [0.29, 0.717) is 22.0 Å². The van der Waals surface area contributed by atoms with Crippen molar-refractivity contribution in [2.24, 2.45) is 0 Å². The first-order chi connectivity index (χ1) is 17.2. The average molecular weight is 499 g/mol. The lowest BCUT2D eigenvalue weighted by molar-refractivity contribution is 0.509. The highest BCUT2D eigenvalue weighted by Crippen LogP contribution is 2.38. The summed E-state index contributed by atoms with van der Waals surface area (Å²) in [6, 6.07) is 25.5. The van der Waals surface area contributed by atoms with E-state index in [2.05, 4.69) is 31.4 Å². The Morgan fingerprint density at radius 1 is 0.886 bits per heavy atom. The van der Waals surface area contributed by atoms with Crippen molar-refractivity contribution in [2.75, 3.05) is 0 Å². The maximum atomic E-state index is 6.17. The van der Waals surface area contributed by atoms with Crippen molar-refractivity contribution in [3.63, 3.8) is 0 Å². The van der Waals surface area contributed by atoms with Crippen molar-refractivity contribution >= 4 is 34.3 Å². The molecule has 0 unspecified atom stereocenters.